The summed E-state index contributed by atoms with van der Waals surface area (Å²) in [6, 6.07) is 0. The van der Waals surface area contributed by atoms with Crippen molar-refractivity contribution in [3.05, 3.63) is 11.9 Å². The molecule has 12 heteroatoms. The summed E-state index contributed by atoms with van der Waals surface area (Å²) >= 11 is 0. The van der Waals surface area contributed by atoms with Crippen LogP contribution in [0.2, 0.25) is 0 Å². The van der Waals surface area contributed by atoms with Gasteiger partial charge in [0.25, 0.3) is 11.7 Å². The molecule has 110 valence electrons. The van der Waals surface area contributed by atoms with E-state index in [0.717, 1.165) is 0 Å². The number of carbonyl (C=O) groups excluding carboxylic acids is 2. The zero-order chi connectivity index (χ0) is 15.8. The summed E-state index contributed by atoms with van der Waals surface area (Å²) in [5, 5.41) is 0. The minimum atomic E-state index is -6.80. The van der Waals surface area contributed by atoms with Gasteiger partial charge < -0.3 is 5.73 Å². The Morgan fingerprint density at radius 1 is 0.789 bits per heavy atom. The van der Waals surface area contributed by atoms with Gasteiger partial charge in [0.1, 0.15) is 0 Å². The summed E-state index contributed by atoms with van der Waals surface area (Å²) in [7, 11) is 0. The van der Waals surface area contributed by atoms with Crippen LogP contribution in [0.5, 0.6) is 0 Å². The highest BCUT2D eigenvalue weighted by molar-refractivity contribution is 6.00. The van der Waals surface area contributed by atoms with Crippen molar-refractivity contribution in [1.82, 2.24) is 0 Å². The first-order valence-corrected chi connectivity index (χ1v) is 3.90. The van der Waals surface area contributed by atoms with Crippen molar-refractivity contribution in [2.75, 3.05) is 0 Å². The number of hydrogen-bond donors (Lipinski definition) is 1. The van der Waals surface area contributed by atoms with E-state index in [2.05, 4.69) is 5.73 Å². The van der Waals surface area contributed by atoms with Crippen LogP contribution in [0.1, 0.15) is 0 Å². The third-order valence-corrected chi connectivity index (χ3v) is 1.75. The second kappa shape index (κ2) is 4.74. The fourth-order valence-electron chi connectivity index (χ4n) is 0.718. The predicted molar refractivity (Wildman–Crippen MR) is 39.4 cm³/mol. The first kappa shape index (κ1) is 17.2. The molecule has 0 aliphatic carbocycles. The average molecular weight is 303 g/mol. The van der Waals surface area contributed by atoms with Gasteiger partial charge in [-0.3, -0.25) is 9.59 Å². The Morgan fingerprint density at radius 3 is 1.42 bits per heavy atom. The van der Waals surface area contributed by atoms with E-state index in [0.29, 0.717) is 0 Å². The van der Waals surface area contributed by atoms with Gasteiger partial charge in [0.2, 0.25) is 5.83 Å². The minimum Gasteiger partial charge on any atom is -0.364 e. The number of allylic oxidation sites excluding steroid dienone is 1. The predicted octanol–water partition coefficient (Wildman–Crippen LogP) is 2.02. The van der Waals surface area contributed by atoms with Crippen LogP contribution in [0.3, 0.4) is 0 Å². The third-order valence-electron chi connectivity index (χ3n) is 1.75. The number of halogens is 9. The number of ketones is 1. The minimum absolute atomic E-state index is 3.25. The normalized spacial score (nSPS) is 13.1. The van der Waals surface area contributed by atoms with Crippen LogP contribution in [0.15, 0.2) is 11.9 Å². The van der Waals surface area contributed by atoms with E-state index >= 15 is 0 Å². The molecule has 0 saturated heterocycles. The Kier molecular flexibility index (Phi) is 4.30. The maximum atomic E-state index is 12.7. The molecule has 0 aromatic carbocycles. The molecule has 0 fully saturated rings. The van der Waals surface area contributed by atoms with Gasteiger partial charge in [-0.15, -0.1) is 0 Å². The summed E-state index contributed by atoms with van der Waals surface area (Å²) in [6.45, 7) is 0. The highest BCUT2D eigenvalue weighted by atomic mass is 19.3. The van der Waals surface area contributed by atoms with Crippen molar-refractivity contribution < 1.29 is 49.1 Å². The van der Waals surface area contributed by atoms with E-state index in [9.17, 15) is 49.1 Å². The van der Waals surface area contributed by atoms with E-state index < -0.39 is 41.4 Å². The van der Waals surface area contributed by atoms with E-state index in [-0.39, 0.29) is 0 Å². The number of carbonyl (C=O) groups is 2. The molecule has 3 nitrogen and oxygen atoms in total. The average Bonchev–Trinajstić information content (AvgIpc) is 2.25. The van der Waals surface area contributed by atoms with Crippen molar-refractivity contribution in [1.29, 1.82) is 0 Å². The zero-order valence-corrected chi connectivity index (χ0v) is 8.30. The third kappa shape index (κ3) is 2.51. The maximum Gasteiger partial charge on any atom is 0.392 e. The summed E-state index contributed by atoms with van der Waals surface area (Å²) in [4.78, 5) is 20.2. The van der Waals surface area contributed by atoms with Crippen molar-refractivity contribution in [3.8, 4) is 0 Å². The molecule has 1 amide bonds. The summed E-state index contributed by atoms with van der Waals surface area (Å²) in [6.07, 6.45) is -3.72. The number of alkyl halides is 6. The lowest BCUT2D eigenvalue weighted by atomic mass is 9.99. The summed E-state index contributed by atoms with van der Waals surface area (Å²) in [5.41, 5.74) is 3.72. The topological polar surface area (TPSA) is 60.2 Å². The second-order valence-corrected chi connectivity index (χ2v) is 2.99. The van der Waals surface area contributed by atoms with Crippen LogP contribution in [0, 0.1) is 0 Å². The van der Waals surface area contributed by atoms with Gasteiger partial charge in [0, 0.05) is 0 Å². The van der Waals surface area contributed by atoms with Gasteiger partial charge in [-0.25, -0.2) is 0 Å². The molecule has 0 atom stereocenters. The van der Waals surface area contributed by atoms with Gasteiger partial charge in [-0.1, -0.05) is 0 Å². The van der Waals surface area contributed by atoms with E-state index in [4.69, 9.17) is 0 Å². The molecule has 0 saturated carbocycles. The van der Waals surface area contributed by atoms with E-state index in [1.165, 1.54) is 0 Å². The zero-order valence-electron chi connectivity index (χ0n) is 8.30. The molecule has 0 unspecified atom stereocenters. The number of nitrogens with two attached hydrogens (primary N) is 1. The van der Waals surface area contributed by atoms with Gasteiger partial charge in [-0.2, -0.15) is 39.5 Å². The molecule has 0 bridgehead atoms. The van der Waals surface area contributed by atoms with Crippen molar-refractivity contribution >= 4 is 11.7 Å². The smallest absolute Gasteiger partial charge is 0.364 e. The molecule has 0 aromatic rings. The molecular weight excluding hydrogens is 301 g/mol. The molecular formula is C7H2F9NO2. The second-order valence-electron chi connectivity index (χ2n) is 2.99. The summed E-state index contributed by atoms with van der Waals surface area (Å²) in [5.74, 6) is -30.5. The highest BCUT2D eigenvalue weighted by Crippen LogP contribution is 2.47. The Labute approximate surface area is 97.4 Å². The van der Waals surface area contributed by atoms with Crippen molar-refractivity contribution in [3.63, 3.8) is 0 Å². The van der Waals surface area contributed by atoms with Gasteiger partial charge >= 0.3 is 23.8 Å². The number of hydrogen-bond acceptors (Lipinski definition) is 2. The standard InChI is InChI=1S/C7H2F9NO2/c8-1(3(9)10)2(18)5(11,12)7(15,16)6(13,14)4(17)19/h(H2,17,19). The van der Waals surface area contributed by atoms with Crippen molar-refractivity contribution in [2.45, 2.75) is 17.8 Å². The molecule has 0 rings (SSSR count). The fourth-order valence-corrected chi connectivity index (χ4v) is 0.718. The lowest BCUT2D eigenvalue weighted by molar-refractivity contribution is -0.284. The molecule has 0 spiro atoms. The quantitative estimate of drug-likeness (QED) is 0.624. The highest BCUT2D eigenvalue weighted by Gasteiger charge is 2.77. The molecule has 0 aliphatic heterocycles. The van der Waals surface area contributed by atoms with Gasteiger partial charge in [-0.05, 0) is 0 Å². The number of amides is 1. The monoisotopic (exact) mass is 303 g/mol. The SMILES string of the molecule is NC(=O)C(F)(F)C(F)(F)C(F)(F)C(=O)C(F)=C(F)F. The van der Waals surface area contributed by atoms with Gasteiger partial charge in [0.05, 0.1) is 0 Å². The Bertz CT molecular complexity index is 438. The van der Waals surface area contributed by atoms with E-state index in [1.807, 2.05) is 0 Å². The molecule has 0 radical (unpaired) electrons. The molecule has 0 aliphatic rings. The van der Waals surface area contributed by atoms with Crippen LogP contribution in [0.25, 0.3) is 0 Å². The van der Waals surface area contributed by atoms with Crippen LogP contribution < -0.4 is 5.73 Å². The Hall–Kier alpha value is -1.75. The van der Waals surface area contributed by atoms with Gasteiger partial charge in [0.15, 0.2) is 0 Å². The Morgan fingerprint density at radius 2 is 1.16 bits per heavy atom. The summed E-state index contributed by atoms with van der Waals surface area (Å²) < 4.78 is 111. The molecule has 0 heterocycles. The number of primary amides is 1. The molecule has 2 N–H and O–H groups in total. The number of rotatable bonds is 5. The first-order chi connectivity index (χ1) is 8.21. The fraction of sp³-hybridized carbons (Fsp3) is 0.429. The largest absolute Gasteiger partial charge is 0.392 e. The van der Waals surface area contributed by atoms with Crippen LogP contribution in [-0.4, -0.2) is 29.5 Å². The molecule has 0 aromatic heterocycles. The lowest BCUT2D eigenvalue weighted by Crippen LogP contribution is -2.62. The van der Waals surface area contributed by atoms with Crippen LogP contribution >= 0.6 is 0 Å². The van der Waals surface area contributed by atoms with Crippen LogP contribution in [-0.2, 0) is 9.59 Å². The lowest BCUT2D eigenvalue weighted by Gasteiger charge is -2.29. The van der Waals surface area contributed by atoms with Crippen molar-refractivity contribution in [2.24, 2.45) is 5.73 Å². The Balaban J connectivity index is 5.86. The number of Topliss-reactive ketones (excluding diaryl/α,β-unsaturated/α-hetero) is 1. The van der Waals surface area contributed by atoms with Crippen LogP contribution in [0.4, 0.5) is 39.5 Å². The molecule has 19 heavy (non-hydrogen) atoms. The maximum absolute atomic E-state index is 12.7. The van der Waals surface area contributed by atoms with E-state index in [1.54, 1.807) is 0 Å². The first-order valence-electron chi connectivity index (χ1n) is 3.90.